The Hall–Kier alpha value is -1.36. The summed E-state index contributed by atoms with van der Waals surface area (Å²) in [5.74, 6) is 0. The molecule has 0 radical (unpaired) electrons. The van der Waals surface area contributed by atoms with Gasteiger partial charge in [0, 0.05) is 12.4 Å². The van der Waals surface area contributed by atoms with Crippen molar-refractivity contribution in [3.05, 3.63) is 41.5 Å². The Morgan fingerprint density at radius 2 is 2.42 bits per heavy atom. The lowest BCUT2D eigenvalue weighted by Gasteiger charge is -2.06. The topological polar surface area (TPSA) is 17.2 Å². The molecule has 1 aliphatic rings. The first-order valence-corrected chi connectivity index (χ1v) is 4.11. The molecule has 0 atom stereocenters. The second-order valence-electron chi connectivity index (χ2n) is 3.34. The van der Waals surface area contributed by atoms with Gasteiger partial charge in [-0.3, -0.25) is 4.98 Å². The van der Waals surface area contributed by atoms with Crippen LogP contribution in [0.3, 0.4) is 0 Å². The van der Waals surface area contributed by atoms with Gasteiger partial charge in [-0.1, -0.05) is 6.07 Å². The third-order valence-corrected chi connectivity index (χ3v) is 2.51. The van der Waals surface area contributed by atoms with Crippen LogP contribution in [0.25, 0.3) is 4.85 Å². The van der Waals surface area contributed by atoms with Crippen molar-refractivity contribution in [2.75, 3.05) is 6.54 Å². The summed E-state index contributed by atoms with van der Waals surface area (Å²) in [5, 5.41) is 0. The quantitative estimate of drug-likeness (QED) is 0.602. The maximum atomic E-state index is 6.85. The number of hydrogen-bond donors (Lipinski definition) is 0. The molecule has 2 nitrogen and oxygen atoms in total. The van der Waals surface area contributed by atoms with Crippen LogP contribution in [0.2, 0.25) is 0 Å². The standard InChI is InChI=1S/C10H10N2/c1-11-8-10(4-5-10)9-3-2-6-12-7-9/h2-3,6-7H,4-5,8H2. The van der Waals surface area contributed by atoms with E-state index in [1.807, 2.05) is 12.3 Å². The highest BCUT2D eigenvalue weighted by Gasteiger charge is 2.47. The molecule has 12 heavy (non-hydrogen) atoms. The van der Waals surface area contributed by atoms with E-state index in [-0.39, 0.29) is 5.41 Å². The first-order valence-electron chi connectivity index (χ1n) is 4.11. The third kappa shape index (κ3) is 1.08. The monoisotopic (exact) mass is 158 g/mol. The summed E-state index contributed by atoms with van der Waals surface area (Å²) in [5.41, 5.74) is 1.41. The Kier molecular flexibility index (Phi) is 1.58. The number of nitrogens with zero attached hydrogens (tertiary/aromatic N) is 2. The average molecular weight is 158 g/mol. The summed E-state index contributed by atoms with van der Waals surface area (Å²) < 4.78 is 0. The molecule has 0 spiro atoms. The molecular formula is C10H10N2. The van der Waals surface area contributed by atoms with Crippen LogP contribution in [0.15, 0.2) is 24.5 Å². The zero-order chi connectivity index (χ0) is 8.44. The van der Waals surface area contributed by atoms with E-state index in [0.29, 0.717) is 6.54 Å². The summed E-state index contributed by atoms with van der Waals surface area (Å²) >= 11 is 0. The van der Waals surface area contributed by atoms with Gasteiger partial charge >= 0.3 is 0 Å². The van der Waals surface area contributed by atoms with Crippen molar-refractivity contribution in [3.8, 4) is 0 Å². The van der Waals surface area contributed by atoms with Gasteiger partial charge in [-0.2, -0.15) is 0 Å². The van der Waals surface area contributed by atoms with E-state index in [1.54, 1.807) is 6.20 Å². The molecule has 0 N–H and O–H groups in total. The normalized spacial score (nSPS) is 18.2. The zero-order valence-corrected chi connectivity index (χ0v) is 6.83. The Morgan fingerprint density at radius 1 is 1.58 bits per heavy atom. The molecule has 1 aromatic rings. The first-order chi connectivity index (χ1) is 5.87. The molecule has 0 unspecified atom stereocenters. The van der Waals surface area contributed by atoms with Gasteiger partial charge in [0.2, 0.25) is 6.54 Å². The summed E-state index contributed by atoms with van der Waals surface area (Å²) in [6.07, 6.45) is 5.97. The predicted octanol–water partition coefficient (Wildman–Crippen LogP) is 2.03. The van der Waals surface area contributed by atoms with Crippen LogP contribution in [-0.4, -0.2) is 11.5 Å². The molecule has 0 aromatic carbocycles. The first kappa shape index (κ1) is 7.30. The van der Waals surface area contributed by atoms with Gasteiger partial charge in [-0.15, -0.1) is 0 Å². The number of pyridine rings is 1. The summed E-state index contributed by atoms with van der Waals surface area (Å²) in [7, 11) is 0. The molecule has 1 saturated carbocycles. The minimum atomic E-state index is 0.177. The van der Waals surface area contributed by atoms with Gasteiger partial charge < -0.3 is 4.85 Å². The summed E-state index contributed by atoms with van der Waals surface area (Å²) in [4.78, 5) is 7.54. The molecule has 60 valence electrons. The average Bonchev–Trinajstić information content (AvgIpc) is 2.88. The fourth-order valence-corrected chi connectivity index (χ4v) is 1.52. The zero-order valence-electron chi connectivity index (χ0n) is 6.83. The van der Waals surface area contributed by atoms with Gasteiger partial charge in [-0.05, 0) is 24.5 Å². The molecule has 1 aromatic heterocycles. The highest BCUT2D eigenvalue weighted by molar-refractivity contribution is 5.30. The fourth-order valence-electron chi connectivity index (χ4n) is 1.52. The van der Waals surface area contributed by atoms with Crippen LogP contribution in [0.1, 0.15) is 18.4 Å². The second kappa shape index (κ2) is 2.60. The Balaban J connectivity index is 2.26. The largest absolute Gasteiger partial charge is 0.316 e. The number of aromatic nitrogens is 1. The van der Waals surface area contributed by atoms with E-state index >= 15 is 0 Å². The molecular weight excluding hydrogens is 148 g/mol. The molecule has 0 aliphatic heterocycles. The van der Waals surface area contributed by atoms with Crippen molar-refractivity contribution < 1.29 is 0 Å². The van der Waals surface area contributed by atoms with E-state index < -0.39 is 0 Å². The smallest absolute Gasteiger partial charge is 0.224 e. The summed E-state index contributed by atoms with van der Waals surface area (Å²) in [6, 6.07) is 4.02. The molecule has 2 rings (SSSR count). The van der Waals surface area contributed by atoms with Crippen molar-refractivity contribution in [1.82, 2.24) is 4.98 Å². The van der Waals surface area contributed by atoms with Crippen molar-refractivity contribution in [1.29, 1.82) is 0 Å². The molecule has 1 fully saturated rings. The van der Waals surface area contributed by atoms with Crippen LogP contribution >= 0.6 is 0 Å². The maximum Gasteiger partial charge on any atom is 0.224 e. The number of rotatable bonds is 2. The Bertz CT molecular complexity index is 306. The predicted molar refractivity (Wildman–Crippen MR) is 46.6 cm³/mol. The van der Waals surface area contributed by atoms with Crippen LogP contribution in [0.4, 0.5) is 0 Å². The minimum Gasteiger partial charge on any atom is -0.316 e. The van der Waals surface area contributed by atoms with Gasteiger partial charge in [0.25, 0.3) is 0 Å². The van der Waals surface area contributed by atoms with Crippen molar-refractivity contribution in [2.24, 2.45) is 0 Å². The van der Waals surface area contributed by atoms with Crippen LogP contribution in [-0.2, 0) is 5.41 Å². The van der Waals surface area contributed by atoms with E-state index in [0.717, 1.165) is 12.8 Å². The van der Waals surface area contributed by atoms with Gasteiger partial charge in [0.1, 0.15) is 0 Å². The van der Waals surface area contributed by atoms with Crippen molar-refractivity contribution in [3.63, 3.8) is 0 Å². The molecule has 2 heteroatoms. The minimum absolute atomic E-state index is 0.177. The van der Waals surface area contributed by atoms with Gasteiger partial charge in [0.05, 0.1) is 5.41 Å². The highest BCUT2D eigenvalue weighted by atomic mass is 14.7. The summed E-state index contributed by atoms with van der Waals surface area (Å²) in [6.45, 7) is 7.48. The SMILES string of the molecule is [C-]#[N+]CC1(c2cccnc2)CC1. The molecule has 1 aliphatic carbocycles. The molecule has 0 amide bonds. The van der Waals surface area contributed by atoms with Crippen LogP contribution < -0.4 is 0 Å². The lowest BCUT2D eigenvalue weighted by atomic mass is 9.98. The lowest BCUT2D eigenvalue weighted by molar-refractivity contribution is 0.753. The molecule has 0 saturated heterocycles. The van der Waals surface area contributed by atoms with Crippen molar-refractivity contribution in [2.45, 2.75) is 18.3 Å². The third-order valence-electron chi connectivity index (χ3n) is 2.51. The van der Waals surface area contributed by atoms with Crippen LogP contribution in [0, 0.1) is 6.57 Å². The van der Waals surface area contributed by atoms with Crippen LogP contribution in [0.5, 0.6) is 0 Å². The number of hydrogen-bond acceptors (Lipinski definition) is 1. The van der Waals surface area contributed by atoms with Gasteiger partial charge in [0.15, 0.2) is 0 Å². The van der Waals surface area contributed by atoms with Crippen molar-refractivity contribution >= 4 is 0 Å². The second-order valence-corrected chi connectivity index (χ2v) is 3.34. The van der Waals surface area contributed by atoms with E-state index in [1.165, 1.54) is 5.56 Å². The fraction of sp³-hybridized carbons (Fsp3) is 0.400. The van der Waals surface area contributed by atoms with Gasteiger partial charge in [-0.25, -0.2) is 6.57 Å². The van der Waals surface area contributed by atoms with E-state index in [4.69, 9.17) is 6.57 Å². The Morgan fingerprint density at radius 3 is 2.92 bits per heavy atom. The van der Waals surface area contributed by atoms with E-state index in [2.05, 4.69) is 15.9 Å². The lowest BCUT2D eigenvalue weighted by Crippen LogP contribution is -2.09. The highest BCUT2D eigenvalue weighted by Crippen LogP contribution is 2.47. The Labute approximate surface area is 72.1 Å². The molecule has 0 bridgehead atoms. The maximum absolute atomic E-state index is 6.85. The molecule has 1 heterocycles. The van der Waals surface area contributed by atoms with E-state index in [9.17, 15) is 0 Å².